The number of carbonyl (C=O) groups excluding carboxylic acids is 1. The minimum atomic E-state index is -0.341. The van der Waals surface area contributed by atoms with Crippen molar-refractivity contribution in [1.82, 2.24) is 10.3 Å². The summed E-state index contributed by atoms with van der Waals surface area (Å²) in [6.07, 6.45) is 8.29. The maximum Gasteiger partial charge on any atom is 0.339 e. The third-order valence-corrected chi connectivity index (χ3v) is 4.16. The van der Waals surface area contributed by atoms with Crippen LogP contribution >= 0.6 is 0 Å². The van der Waals surface area contributed by atoms with Crippen LogP contribution in [0.3, 0.4) is 0 Å². The number of rotatable bonds is 5. The molecule has 110 valence electrons. The Morgan fingerprint density at radius 1 is 1.35 bits per heavy atom. The van der Waals surface area contributed by atoms with Crippen LogP contribution in [0.25, 0.3) is 0 Å². The van der Waals surface area contributed by atoms with Gasteiger partial charge in [-0.2, -0.15) is 0 Å². The summed E-state index contributed by atoms with van der Waals surface area (Å²) in [7, 11) is 1.38. The number of esters is 1. The van der Waals surface area contributed by atoms with Gasteiger partial charge in [0.05, 0.1) is 18.4 Å². The van der Waals surface area contributed by atoms with Gasteiger partial charge in [-0.1, -0.05) is 26.2 Å². The molecule has 4 heteroatoms. The van der Waals surface area contributed by atoms with Crippen molar-refractivity contribution in [3.8, 4) is 0 Å². The third kappa shape index (κ3) is 4.04. The Bertz CT molecular complexity index is 436. The average Bonchev–Trinajstić information content (AvgIpc) is 2.48. The van der Waals surface area contributed by atoms with Gasteiger partial charge in [0, 0.05) is 19.3 Å². The first-order valence-corrected chi connectivity index (χ1v) is 7.37. The molecule has 1 heterocycles. The topological polar surface area (TPSA) is 51.2 Å². The SMILES string of the molecule is COC(=O)c1ccc(CNCC2(C)CCCCC2)nc1. The Labute approximate surface area is 120 Å². The molecule has 0 aliphatic heterocycles. The molecule has 0 unspecified atom stereocenters. The van der Waals surface area contributed by atoms with Gasteiger partial charge in [0.2, 0.25) is 0 Å². The summed E-state index contributed by atoms with van der Waals surface area (Å²) >= 11 is 0. The highest BCUT2D eigenvalue weighted by Gasteiger charge is 2.25. The molecule has 1 aliphatic rings. The Balaban J connectivity index is 1.80. The fourth-order valence-corrected chi connectivity index (χ4v) is 2.84. The van der Waals surface area contributed by atoms with Crippen LogP contribution in [0, 0.1) is 5.41 Å². The summed E-state index contributed by atoms with van der Waals surface area (Å²) in [5, 5.41) is 3.50. The number of carbonyl (C=O) groups is 1. The second-order valence-electron chi connectivity index (χ2n) is 6.00. The summed E-state index contributed by atoms with van der Waals surface area (Å²) < 4.78 is 4.66. The molecule has 1 aromatic heterocycles. The molecular weight excluding hydrogens is 252 g/mol. The number of nitrogens with one attached hydrogen (secondary N) is 1. The molecule has 0 atom stereocenters. The zero-order valence-corrected chi connectivity index (χ0v) is 12.4. The van der Waals surface area contributed by atoms with Crippen LogP contribution in [0.1, 0.15) is 55.1 Å². The van der Waals surface area contributed by atoms with Crippen molar-refractivity contribution < 1.29 is 9.53 Å². The Morgan fingerprint density at radius 3 is 2.70 bits per heavy atom. The molecule has 1 aliphatic carbocycles. The smallest absolute Gasteiger partial charge is 0.339 e. The van der Waals surface area contributed by atoms with Gasteiger partial charge in [0.1, 0.15) is 0 Å². The first kappa shape index (κ1) is 15.0. The van der Waals surface area contributed by atoms with E-state index >= 15 is 0 Å². The van der Waals surface area contributed by atoms with Crippen molar-refractivity contribution >= 4 is 5.97 Å². The standard InChI is InChI=1S/C16H24N2O2/c1-16(8-4-3-5-9-16)12-17-11-14-7-6-13(10-18-14)15(19)20-2/h6-7,10,17H,3-5,8-9,11-12H2,1-2H3. The molecule has 0 aromatic carbocycles. The molecule has 0 radical (unpaired) electrons. The number of hydrogen-bond donors (Lipinski definition) is 1. The summed E-state index contributed by atoms with van der Waals surface area (Å²) in [5.41, 5.74) is 1.89. The molecule has 0 saturated heterocycles. The van der Waals surface area contributed by atoms with E-state index in [0.29, 0.717) is 11.0 Å². The van der Waals surface area contributed by atoms with Crippen LogP contribution in [0.5, 0.6) is 0 Å². The van der Waals surface area contributed by atoms with E-state index < -0.39 is 0 Å². The van der Waals surface area contributed by atoms with E-state index in [4.69, 9.17) is 0 Å². The number of hydrogen-bond acceptors (Lipinski definition) is 4. The fourth-order valence-electron chi connectivity index (χ4n) is 2.84. The molecule has 1 fully saturated rings. The lowest BCUT2D eigenvalue weighted by Crippen LogP contribution is -2.33. The number of methoxy groups -OCH3 is 1. The molecule has 0 bridgehead atoms. The second-order valence-corrected chi connectivity index (χ2v) is 6.00. The van der Waals surface area contributed by atoms with Gasteiger partial charge >= 0.3 is 5.97 Å². The van der Waals surface area contributed by atoms with Crippen LogP contribution in [-0.4, -0.2) is 24.6 Å². The number of nitrogens with zero attached hydrogens (tertiary/aromatic N) is 1. The fraction of sp³-hybridized carbons (Fsp3) is 0.625. The van der Waals surface area contributed by atoms with Gasteiger partial charge < -0.3 is 10.1 Å². The zero-order valence-electron chi connectivity index (χ0n) is 12.4. The summed E-state index contributed by atoms with van der Waals surface area (Å²) in [4.78, 5) is 15.6. The monoisotopic (exact) mass is 276 g/mol. The maximum atomic E-state index is 11.3. The molecule has 0 spiro atoms. The number of aromatic nitrogens is 1. The Morgan fingerprint density at radius 2 is 2.10 bits per heavy atom. The highest BCUT2D eigenvalue weighted by atomic mass is 16.5. The molecule has 1 saturated carbocycles. The Kier molecular flexibility index (Phi) is 5.12. The number of pyridine rings is 1. The minimum absolute atomic E-state index is 0.341. The van der Waals surface area contributed by atoms with Gasteiger partial charge in [0.15, 0.2) is 0 Å². The lowest BCUT2D eigenvalue weighted by atomic mass is 9.76. The van der Waals surface area contributed by atoms with E-state index in [1.54, 1.807) is 12.3 Å². The van der Waals surface area contributed by atoms with Crippen LogP contribution < -0.4 is 5.32 Å². The highest BCUT2D eigenvalue weighted by Crippen LogP contribution is 2.34. The molecule has 1 aromatic rings. The first-order valence-electron chi connectivity index (χ1n) is 7.37. The second kappa shape index (κ2) is 6.84. The molecule has 4 nitrogen and oxygen atoms in total. The Hall–Kier alpha value is -1.42. The van der Waals surface area contributed by atoms with Crippen molar-refractivity contribution in [3.05, 3.63) is 29.6 Å². The third-order valence-electron chi connectivity index (χ3n) is 4.16. The minimum Gasteiger partial charge on any atom is -0.465 e. The van der Waals surface area contributed by atoms with E-state index in [-0.39, 0.29) is 5.97 Å². The first-order chi connectivity index (χ1) is 9.63. The van der Waals surface area contributed by atoms with Gasteiger partial charge in [-0.3, -0.25) is 4.98 Å². The van der Waals surface area contributed by atoms with E-state index in [0.717, 1.165) is 18.8 Å². The van der Waals surface area contributed by atoms with E-state index in [1.807, 2.05) is 6.07 Å². The van der Waals surface area contributed by atoms with E-state index in [2.05, 4.69) is 22.0 Å². The lowest BCUT2D eigenvalue weighted by molar-refractivity contribution is 0.0600. The summed E-state index contributed by atoms with van der Waals surface area (Å²) in [6.45, 7) is 4.15. The van der Waals surface area contributed by atoms with Crippen LogP contribution in [0.2, 0.25) is 0 Å². The van der Waals surface area contributed by atoms with Crippen molar-refractivity contribution in [2.24, 2.45) is 5.41 Å². The van der Waals surface area contributed by atoms with E-state index in [9.17, 15) is 4.79 Å². The van der Waals surface area contributed by atoms with Crippen LogP contribution in [0.15, 0.2) is 18.3 Å². The summed E-state index contributed by atoms with van der Waals surface area (Å²) in [6, 6.07) is 3.64. The van der Waals surface area contributed by atoms with Crippen molar-refractivity contribution in [1.29, 1.82) is 0 Å². The van der Waals surface area contributed by atoms with Crippen molar-refractivity contribution in [2.75, 3.05) is 13.7 Å². The quantitative estimate of drug-likeness (QED) is 0.840. The van der Waals surface area contributed by atoms with Crippen LogP contribution in [0.4, 0.5) is 0 Å². The molecule has 0 amide bonds. The lowest BCUT2D eigenvalue weighted by Gasteiger charge is -2.33. The van der Waals surface area contributed by atoms with Crippen molar-refractivity contribution in [3.63, 3.8) is 0 Å². The summed E-state index contributed by atoms with van der Waals surface area (Å²) in [5.74, 6) is -0.341. The number of ether oxygens (including phenoxy) is 1. The van der Waals surface area contributed by atoms with Gasteiger partial charge in [0.25, 0.3) is 0 Å². The van der Waals surface area contributed by atoms with Crippen LogP contribution in [-0.2, 0) is 11.3 Å². The largest absolute Gasteiger partial charge is 0.465 e. The van der Waals surface area contributed by atoms with Gasteiger partial charge in [-0.05, 0) is 30.4 Å². The molecule has 20 heavy (non-hydrogen) atoms. The zero-order chi connectivity index (χ0) is 14.4. The average molecular weight is 276 g/mol. The predicted molar refractivity (Wildman–Crippen MR) is 78.5 cm³/mol. The predicted octanol–water partition coefficient (Wildman–Crippen LogP) is 2.93. The molecule has 1 N–H and O–H groups in total. The molecular formula is C16H24N2O2. The van der Waals surface area contributed by atoms with E-state index in [1.165, 1.54) is 39.2 Å². The van der Waals surface area contributed by atoms with Gasteiger partial charge in [-0.25, -0.2) is 4.79 Å². The normalized spacial score (nSPS) is 17.7. The molecule has 2 rings (SSSR count). The highest BCUT2D eigenvalue weighted by molar-refractivity contribution is 5.88. The van der Waals surface area contributed by atoms with Gasteiger partial charge in [-0.15, -0.1) is 0 Å². The van der Waals surface area contributed by atoms with Crippen molar-refractivity contribution in [2.45, 2.75) is 45.6 Å². The maximum absolute atomic E-state index is 11.3.